The predicted octanol–water partition coefficient (Wildman–Crippen LogP) is 2.63. The van der Waals surface area contributed by atoms with Gasteiger partial charge >= 0.3 is 0 Å². The van der Waals surface area contributed by atoms with Gasteiger partial charge in [0.15, 0.2) is 0 Å². The van der Waals surface area contributed by atoms with Crippen molar-refractivity contribution in [3.8, 4) is 0 Å². The van der Waals surface area contributed by atoms with E-state index >= 15 is 0 Å². The number of amides is 1. The van der Waals surface area contributed by atoms with Crippen LogP contribution in [0.4, 0.5) is 5.95 Å². The first-order valence-corrected chi connectivity index (χ1v) is 8.39. The molecule has 0 bridgehead atoms. The van der Waals surface area contributed by atoms with Crippen molar-refractivity contribution in [1.82, 2.24) is 19.9 Å². The quantitative estimate of drug-likeness (QED) is 0.934. The molecule has 6 heteroatoms. The molecule has 24 heavy (non-hydrogen) atoms. The number of nitrogens with zero attached hydrogens (tertiary/aromatic N) is 4. The number of pyridine rings is 1. The van der Waals surface area contributed by atoms with E-state index in [-0.39, 0.29) is 17.9 Å². The molecule has 1 unspecified atom stereocenters. The molecule has 0 spiro atoms. The Morgan fingerprint density at radius 2 is 2.25 bits per heavy atom. The first-order chi connectivity index (χ1) is 11.5. The molecule has 1 fully saturated rings. The van der Waals surface area contributed by atoms with E-state index in [1.165, 1.54) is 0 Å². The summed E-state index contributed by atoms with van der Waals surface area (Å²) in [6.45, 7) is 4.94. The van der Waals surface area contributed by atoms with Crippen LogP contribution in [0.3, 0.4) is 0 Å². The zero-order valence-corrected chi connectivity index (χ0v) is 14.1. The minimum absolute atomic E-state index is 0.0518. The Kier molecular flexibility index (Phi) is 4.74. The van der Waals surface area contributed by atoms with Crippen LogP contribution in [0.2, 0.25) is 0 Å². The third kappa shape index (κ3) is 3.53. The normalized spacial score (nSPS) is 17.5. The highest BCUT2D eigenvalue weighted by Crippen LogP contribution is 2.32. The fourth-order valence-electron chi connectivity index (χ4n) is 3.23. The van der Waals surface area contributed by atoms with E-state index < -0.39 is 0 Å². The maximum Gasteiger partial charge on any atom is 0.273 e. The number of nitrogen functional groups attached to an aromatic ring is 1. The van der Waals surface area contributed by atoms with E-state index in [2.05, 4.69) is 28.8 Å². The van der Waals surface area contributed by atoms with Gasteiger partial charge in [-0.25, -0.2) is 9.97 Å². The second-order valence-electron chi connectivity index (χ2n) is 6.64. The molecule has 126 valence electrons. The van der Waals surface area contributed by atoms with Crippen LogP contribution in [0.15, 0.2) is 30.6 Å². The largest absolute Gasteiger partial charge is 0.368 e. The highest BCUT2D eigenvalue weighted by molar-refractivity contribution is 5.93. The van der Waals surface area contributed by atoms with Crippen LogP contribution in [0.1, 0.15) is 54.5 Å². The number of nitrogens with two attached hydrogens (primary N) is 1. The molecule has 1 amide bonds. The molecule has 1 atom stereocenters. The summed E-state index contributed by atoms with van der Waals surface area (Å²) in [5, 5.41) is 0. The van der Waals surface area contributed by atoms with Crippen molar-refractivity contribution < 1.29 is 4.79 Å². The molecule has 2 aromatic heterocycles. The number of rotatable bonds is 4. The van der Waals surface area contributed by atoms with Gasteiger partial charge in [0.25, 0.3) is 5.91 Å². The number of anilines is 1. The molecule has 6 nitrogen and oxygen atoms in total. The first kappa shape index (κ1) is 16.4. The third-order valence-corrected chi connectivity index (χ3v) is 4.22. The van der Waals surface area contributed by atoms with E-state index in [1.54, 1.807) is 12.3 Å². The molecule has 0 aliphatic carbocycles. The van der Waals surface area contributed by atoms with Gasteiger partial charge < -0.3 is 10.6 Å². The molecular weight excluding hydrogens is 302 g/mol. The van der Waals surface area contributed by atoms with E-state index in [0.29, 0.717) is 11.6 Å². The lowest BCUT2D eigenvalue weighted by atomic mass is 10.1. The van der Waals surface area contributed by atoms with Crippen molar-refractivity contribution in [3.05, 3.63) is 47.5 Å². The number of likely N-dealkylation sites (tertiary alicyclic amines) is 1. The van der Waals surface area contributed by atoms with Gasteiger partial charge in [0.2, 0.25) is 5.95 Å². The van der Waals surface area contributed by atoms with Crippen molar-refractivity contribution >= 4 is 11.9 Å². The smallest absolute Gasteiger partial charge is 0.273 e. The lowest BCUT2D eigenvalue weighted by Gasteiger charge is -2.24. The topological polar surface area (TPSA) is 85.0 Å². The summed E-state index contributed by atoms with van der Waals surface area (Å²) < 4.78 is 0. The van der Waals surface area contributed by atoms with E-state index in [0.717, 1.165) is 37.1 Å². The Morgan fingerprint density at radius 3 is 2.96 bits per heavy atom. The SMILES string of the molecule is CC(C)Cc1cc(C(=O)N2CCCC2c2cccnc2)nc(N)n1. The monoisotopic (exact) mass is 325 g/mol. The summed E-state index contributed by atoms with van der Waals surface area (Å²) in [6.07, 6.45) is 6.27. The molecule has 1 aliphatic heterocycles. The Labute approximate surface area is 142 Å². The second-order valence-corrected chi connectivity index (χ2v) is 6.64. The number of hydrogen-bond donors (Lipinski definition) is 1. The molecule has 0 radical (unpaired) electrons. The zero-order chi connectivity index (χ0) is 17.1. The van der Waals surface area contributed by atoms with Gasteiger partial charge in [-0.3, -0.25) is 9.78 Å². The average molecular weight is 325 g/mol. The standard InChI is InChI=1S/C18H23N5O/c1-12(2)9-14-10-15(22-18(19)21-14)17(24)23-8-4-6-16(23)13-5-3-7-20-11-13/h3,5,7,10-12,16H,4,6,8-9H2,1-2H3,(H2,19,21,22). The molecule has 1 saturated heterocycles. The van der Waals surface area contributed by atoms with Crippen molar-refractivity contribution in [3.63, 3.8) is 0 Å². The van der Waals surface area contributed by atoms with Crippen LogP contribution in [0, 0.1) is 5.92 Å². The Bertz CT molecular complexity index is 717. The third-order valence-electron chi connectivity index (χ3n) is 4.22. The molecule has 2 aromatic rings. The van der Waals surface area contributed by atoms with Gasteiger partial charge in [-0.1, -0.05) is 19.9 Å². The fourth-order valence-corrected chi connectivity index (χ4v) is 3.23. The van der Waals surface area contributed by atoms with Gasteiger partial charge in [-0.05, 0) is 42.9 Å². The molecule has 0 aromatic carbocycles. The van der Waals surface area contributed by atoms with Gasteiger partial charge in [0.1, 0.15) is 5.69 Å². The maximum absolute atomic E-state index is 13.0. The minimum atomic E-state index is -0.0829. The van der Waals surface area contributed by atoms with Gasteiger partial charge in [0.05, 0.1) is 6.04 Å². The van der Waals surface area contributed by atoms with Crippen LogP contribution in [0.25, 0.3) is 0 Å². The summed E-state index contributed by atoms with van der Waals surface area (Å²) in [5.41, 5.74) is 8.08. The molecule has 1 aliphatic rings. The summed E-state index contributed by atoms with van der Waals surface area (Å²) in [4.78, 5) is 27.4. The van der Waals surface area contributed by atoms with Crippen molar-refractivity contribution in [2.24, 2.45) is 5.92 Å². The Morgan fingerprint density at radius 1 is 1.42 bits per heavy atom. The van der Waals surface area contributed by atoms with Gasteiger partial charge in [-0.2, -0.15) is 0 Å². The Balaban J connectivity index is 1.87. The number of carbonyl (C=O) groups excluding carboxylic acids is 1. The number of aromatic nitrogens is 3. The highest BCUT2D eigenvalue weighted by Gasteiger charge is 2.31. The van der Waals surface area contributed by atoms with E-state index in [4.69, 9.17) is 5.73 Å². The summed E-state index contributed by atoms with van der Waals surface area (Å²) >= 11 is 0. The fraction of sp³-hybridized carbons (Fsp3) is 0.444. The molecule has 2 N–H and O–H groups in total. The second kappa shape index (κ2) is 6.95. The predicted molar refractivity (Wildman–Crippen MR) is 92.2 cm³/mol. The summed E-state index contributed by atoms with van der Waals surface area (Å²) in [5.74, 6) is 0.520. The summed E-state index contributed by atoms with van der Waals surface area (Å²) in [7, 11) is 0. The zero-order valence-electron chi connectivity index (χ0n) is 14.1. The van der Waals surface area contributed by atoms with Gasteiger partial charge in [-0.15, -0.1) is 0 Å². The van der Waals surface area contributed by atoms with Crippen LogP contribution >= 0.6 is 0 Å². The lowest BCUT2D eigenvalue weighted by Crippen LogP contribution is -2.31. The Hall–Kier alpha value is -2.50. The lowest BCUT2D eigenvalue weighted by molar-refractivity contribution is 0.0729. The number of carbonyl (C=O) groups is 1. The number of hydrogen-bond acceptors (Lipinski definition) is 5. The molecule has 0 saturated carbocycles. The van der Waals surface area contributed by atoms with Gasteiger partial charge in [0, 0.05) is 24.6 Å². The van der Waals surface area contributed by atoms with Crippen molar-refractivity contribution in [2.45, 2.75) is 39.2 Å². The average Bonchev–Trinajstić information content (AvgIpc) is 3.03. The maximum atomic E-state index is 13.0. The van der Waals surface area contributed by atoms with Crippen LogP contribution < -0.4 is 5.73 Å². The highest BCUT2D eigenvalue weighted by atomic mass is 16.2. The van der Waals surface area contributed by atoms with Crippen molar-refractivity contribution in [1.29, 1.82) is 0 Å². The molecule has 3 rings (SSSR count). The van der Waals surface area contributed by atoms with E-state index in [9.17, 15) is 4.79 Å². The first-order valence-electron chi connectivity index (χ1n) is 8.39. The van der Waals surface area contributed by atoms with E-state index in [1.807, 2.05) is 23.2 Å². The van der Waals surface area contributed by atoms with Crippen LogP contribution in [0.5, 0.6) is 0 Å². The van der Waals surface area contributed by atoms with Crippen LogP contribution in [-0.2, 0) is 6.42 Å². The minimum Gasteiger partial charge on any atom is -0.368 e. The summed E-state index contributed by atoms with van der Waals surface area (Å²) in [6, 6.07) is 5.75. The molecule has 3 heterocycles. The van der Waals surface area contributed by atoms with Crippen molar-refractivity contribution in [2.75, 3.05) is 12.3 Å². The molecular formula is C18H23N5O. The van der Waals surface area contributed by atoms with Crippen LogP contribution in [-0.4, -0.2) is 32.3 Å².